The van der Waals surface area contributed by atoms with Crippen LogP contribution in [0.15, 0.2) is 0 Å². The summed E-state index contributed by atoms with van der Waals surface area (Å²) in [6.45, 7) is 4.14. The average Bonchev–Trinajstić information content (AvgIpc) is 2.12. The summed E-state index contributed by atoms with van der Waals surface area (Å²) >= 11 is 0. The minimum atomic E-state index is -0.685. The maximum atomic E-state index is 10.4. The molecule has 17 heavy (non-hydrogen) atoms. The van der Waals surface area contributed by atoms with E-state index in [2.05, 4.69) is 9.80 Å². The van der Waals surface area contributed by atoms with Gasteiger partial charge in [0.2, 0.25) is 0 Å². The van der Waals surface area contributed by atoms with Gasteiger partial charge >= 0.3 is 0 Å². The summed E-state index contributed by atoms with van der Waals surface area (Å²) in [5.74, 6) is 0. The summed E-state index contributed by atoms with van der Waals surface area (Å²) in [7, 11) is 0. The molecule has 0 aromatic heterocycles. The standard InChI is InChI=1S/C12H22N2O3/c15-11-6-13(4-5-17-11)7-12(16)8-14(9-12)10-2-1-3-10/h10-11,15-16H,1-9H2. The number of ether oxygens (including phenoxy) is 1. The van der Waals surface area contributed by atoms with Gasteiger partial charge in [0.05, 0.1) is 6.61 Å². The lowest BCUT2D eigenvalue weighted by Crippen LogP contribution is -2.69. The highest BCUT2D eigenvalue weighted by atomic mass is 16.6. The molecule has 1 atom stereocenters. The smallest absolute Gasteiger partial charge is 0.167 e. The molecule has 0 spiro atoms. The second kappa shape index (κ2) is 4.48. The molecule has 3 fully saturated rings. The van der Waals surface area contributed by atoms with Crippen molar-refractivity contribution in [2.75, 3.05) is 39.3 Å². The first-order chi connectivity index (χ1) is 8.15. The lowest BCUT2D eigenvalue weighted by Gasteiger charge is -2.54. The number of hydrogen-bond acceptors (Lipinski definition) is 5. The number of β-amino-alcohol motifs (C(OH)–C–C–N with tert-alkyl or cyclic N) is 2. The van der Waals surface area contributed by atoms with Crippen LogP contribution >= 0.6 is 0 Å². The fourth-order valence-corrected chi connectivity index (χ4v) is 3.06. The molecular weight excluding hydrogens is 220 g/mol. The van der Waals surface area contributed by atoms with Gasteiger partial charge in [-0.1, -0.05) is 6.42 Å². The molecule has 2 saturated heterocycles. The van der Waals surface area contributed by atoms with Gasteiger partial charge in [0.25, 0.3) is 0 Å². The SMILES string of the molecule is OC1CN(CC2(O)CN(C3CCC3)C2)CCO1. The normalized spacial score (nSPS) is 35.3. The molecule has 5 heteroatoms. The molecule has 2 aliphatic heterocycles. The first kappa shape index (κ1) is 11.9. The quantitative estimate of drug-likeness (QED) is 0.681. The Bertz CT molecular complexity index is 277. The summed E-state index contributed by atoms with van der Waals surface area (Å²) in [6.07, 6.45) is 3.25. The number of nitrogens with zero attached hydrogens (tertiary/aromatic N) is 2. The first-order valence-electron chi connectivity index (χ1n) is 6.63. The van der Waals surface area contributed by atoms with Crippen LogP contribution in [0.1, 0.15) is 19.3 Å². The first-order valence-corrected chi connectivity index (χ1v) is 6.63. The zero-order chi connectivity index (χ0) is 11.9. The van der Waals surface area contributed by atoms with Gasteiger partial charge in [-0.05, 0) is 12.8 Å². The number of hydrogen-bond donors (Lipinski definition) is 2. The lowest BCUT2D eigenvalue weighted by molar-refractivity contribution is -0.178. The monoisotopic (exact) mass is 242 g/mol. The molecular formula is C12H22N2O3. The number of aliphatic hydroxyl groups excluding tert-OH is 1. The Morgan fingerprint density at radius 1 is 1.29 bits per heavy atom. The Kier molecular flexibility index (Phi) is 3.13. The molecule has 5 nitrogen and oxygen atoms in total. The average molecular weight is 242 g/mol. The second-order valence-corrected chi connectivity index (χ2v) is 5.77. The van der Waals surface area contributed by atoms with Crippen LogP contribution in [0.25, 0.3) is 0 Å². The van der Waals surface area contributed by atoms with Crippen molar-refractivity contribution in [3.8, 4) is 0 Å². The van der Waals surface area contributed by atoms with E-state index in [0.717, 1.165) is 25.7 Å². The number of rotatable bonds is 3. The van der Waals surface area contributed by atoms with Gasteiger partial charge in [-0.25, -0.2) is 0 Å². The van der Waals surface area contributed by atoms with Crippen molar-refractivity contribution < 1.29 is 14.9 Å². The molecule has 0 aromatic rings. The van der Waals surface area contributed by atoms with Crippen LogP contribution in [0.2, 0.25) is 0 Å². The summed E-state index contributed by atoms with van der Waals surface area (Å²) < 4.78 is 5.08. The van der Waals surface area contributed by atoms with E-state index in [1.807, 2.05) is 0 Å². The lowest BCUT2D eigenvalue weighted by atomic mass is 9.84. The van der Waals surface area contributed by atoms with Gasteiger partial charge in [-0.15, -0.1) is 0 Å². The van der Waals surface area contributed by atoms with Crippen molar-refractivity contribution >= 4 is 0 Å². The van der Waals surface area contributed by atoms with Crippen LogP contribution in [0, 0.1) is 0 Å². The Balaban J connectivity index is 1.45. The molecule has 3 rings (SSSR count). The van der Waals surface area contributed by atoms with Gasteiger partial charge in [-0.3, -0.25) is 9.80 Å². The van der Waals surface area contributed by atoms with Gasteiger partial charge in [0, 0.05) is 38.8 Å². The van der Waals surface area contributed by atoms with Crippen molar-refractivity contribution in [3.63, 3.8) is 0 Å². The topological polar surface area (TPSA) is 56.2 Å². The Labute approximate surface area is 102 Å². The molecule has 2 N–H and O–H groups in total. The molecule has 1 unspecified atom stereocenters. The molecule has 0 bridgehead atoms. The predicted octanol–water partition coefficient (Wildman–Crippen LogP) is -0.764. The van der Waals surface area contributed by atoms with Crippen molar-refractivity contribution in [1.29, 1.82) is 0 Å². The Morgan fingerprint density at radius 3 is 2.65 bits per heavy atom. The van der Waals surface area contributed by atoms with Crippen LogP contribution in [0.5, 0.6) is 0 Å². The summed E-state index contributed by atoms with van der Waals surface area (Å²) in [5, 5.41) is 19.8. The largest absolute Gasteiger partial charge is 0.386 e. The maximum absolute atomic E-state index is 10.4. The summed E-state index contributed by atoms with van der Waals surface area (Å²) in [4.78, 5) is 4.49. The molecule has 0 aromatic carbocycles. The van der Waals surface area contributed by atoms with Crippen molar-refractivity contribution in [1.82, 2.24) is 9.80 Å². The highest BCUT2D eigenvalue weighted by Crippen LogP contribution is 2.33. The summed E-state index contributed by atoms with van der Waals surface area (Å²) in [5.41, 5.74) is -0.563. The summed E-state index contributed by atoms with van der Waals surface area (Å²) in [6, 6.07) is 0.727. The molecule has 98 valence electrons. The van der Waals surface area contributed by atoms with E-state index >= 15 is 0 Å². The molecule has 2 heterocycles. The highest BCUT2D eigenvalue weighted by molar-refractivity contribution is 5.01. The predicted molar refractivity (Wildman–Crippen MR) is 62.6 cm³/mol. The molecule has 0 radical (unpaired) electrons. The van der Waals surface area contributed by atoms with Gasteiger partial charge in [0.1, 0.15) is 5.60 Å². The van der Waals surface area contributed by atoms with E-state index < -0.39 is 11.9 Å². The zero-order valence-corrected chi connectivity index (χ0v) is 10.2. The van der Waals surface area contributed by atoms with Crippen LogP contribution in [-0.4, -0.2) is 77.3 Å². The third-order valence-corrected chi connectivity index (χ3v) is 4.24. The Morgan fingerprint density at radius 2 is 2.06 bits per heavy atom. The van der Waals surface area contributed by atoms with E-state index in [4.69, 9.17) is 4.74 Å². The van der Waals surface area contributed by atoms with Gasteiger partial charge < -0.3 is 14.9 Å². The zero-order valence-electron chi connectivity index (χ0n) is 10.2. The number of morpholine rings is 1. The van der Waals surface area contributed by atoms with E-state index in [-0.39, 0.29) is 0 Å². The van der Waals surface area contributed by atoms with E-state index in [0.29, 0.717) is 19.7 Å². The third-order valence-electron chi connectivity index (χ3n) is 4.24. The van der Waals surface area contributed by atoms with E-state index in [1.165, 1.54) is 19.3 Å². The molecule has 1 aliphatic carbocycles. The Hall–Kier alpha value is -0.200. The number of likely N-dealkylation sites (tertiary alicyclic amines) is 1. The maximum Gasteiger partial charge on any atom is 0.167 e. The minimum Gasteiger partial charge on any atom is -0.386 e. The number of aliphatic hydroxyl groups is 2. The van der Waals surface area contributed by atoms with Crippen molar-refractivity contribution in [2.24, 2.45) is 0 Å². The molecule has 0 amide bonds. The fraction of sp³-hybridized carbons (Fsp3) is 1.00. The van der Waals surface area contributed by atoms with Gasteiger partial charge in [0.15, 0.2) is 6.29 Å². The molecule has 1 saturated carbocycles. The molecule has 3 aliphatic rings. The second-order valence-electron chi connectivity index (χ2n) is 5.77. The van der Waals surface area contributed by atoms with Crippen molar-refractivity contribution in [2.45, 2.75) is 37.2 Å². The van der Waals surface area contributed by atoms with Crippen LogP contribution in [-0.2, 0) is 4.74 Å². The van der Waals surface area contributed by atoms with E-state index in [1.54, 1.807) is 0 Å². The van der Waals surface area contributed by atoms with Crippen molar-refractivity contribution in [3.05, 3.63) is 0 Å². The highest BCUT2D eigenvalue weighted by Gasteiger charge is 2.46. The van der Waals surface area contributed by atoms with Crippen LogP contribution < -0.4 is 0 Å². The van der Waals surface area contributed by atoms with Gasteiger partial charge in [-0.2, -0.15) is 0 Å². The van der Waals surface area contributed by atoms with E-state index in [9.17, 15) is 10.2 Å². The third kappa shape index (κ3) is 2.48. The minimum absolute atomic E-state index is 0.520. The fourth-order valence-electron chi connectivity index (χ4n) is 3.06. The van der Waals surface area contributed by atoms with Crippen LogP contribution in [0.4, 0.5) is 0 Å². The van der Waals surface area contributed by atoms with Crippen LogP contribution in [0.3, 0.4) is 0 Å².